The summed E-state index contributed by atoms with van der Waals surface area (Å²) in [6.45, 7) is 1.70. The normalized spacial score (nSPS) is 12.6. The lowest BCUT2D eigenvalue weighted by Gasteiger charge is -2.06. The van der Waals surface area contributed by atoms with Gasteiger partial charge in [0.25, 0.3) is 0 Å². The molecule has 0 saturated heterocycles. The van der Waals surface area contributed by atoms with Gasteiger partial charge in [-0.05, 0) is 6.92 Å². The van der Waals surface area contributed by atoms with Crippen LogP contribution < -0.4 is 5.69 Å². The van der Waals surface area contributed by atoms with Gasteiger partial charge in [-0.3, -0.25) is 0 Å². The molecule has 0 aromatic carbocycles. The van der Waals surface area contributed by atoms with E-state index in [-0.39, 0.29) is 11.6 Å². The number of alkyl halides is 1. The Hall–Kier alpha value is -1.68. The number of hydrogen-bond acceptors (Lipinski definition) is 4. The standard InChI is InChI=1S/C9H8BrN5O/c1-5-12-7(6(3-10)4-11)2-8-13-14-9(16)15(5)8/h2,6H,3H2,1H3,(H,14,16). The zero-order valence-electron chi connectivity index (χ0n) is 8.44. The van der Waals surface area contributed by atoms with E-state index in [1.165, 1.54) is 4.40 Å². The molecule has 7 heteroatoms. The summed E-state index contributed by atoms with van der Waals surface area (Å²) >= 11 is 3.25. The Bertz CT molecular complexity index is 623. The molecule has 1 atom stereocenters. The summed E-state index contributed by atoms with van der Waals surface area (Å²) in [6.07, 6.45) is 0. The fourth-order valence-electron chi connectivity index (χ4n) is 1.48. The molecule has 0 bridgehead atoms. The first-order chi connectivity index (χ1) is 7.67. The smallest absolute Gasteiger partial charge is 0.246 e. The van der Waals surface area contributed by atoms with Crippen molar-refractivity contribution < 1.29 is 0 Å². The van der Waals surface area contributed by atoms with Gasteiger partial charge in [0.1, 0.15) is 5.82 Å². The van der Waals surface area contributed by atoms with Crippen LogP contribution in [-0.4, -0.2) is 24.9 Å². The van der Waals surface area contributed by atoms with Crippen molar-refractivity contribution in [3.63, 3.8) is 0 Å². The van der Waals surface area contributed by atoms with Crippen LogP contribution in [0.4, 0.5) is 0 Å². The predicted octanol–water partition coefficient (Wildman–Crippen LogP) is 0.728. The summed E-state index contributed by atoms with van der Waals surface area (Å²) in [5.41, 5.74) is 0.774. The van der Waals surface area contributed by atoms with E-state index >= 15 is 0 Å². The van der Waals surface area contributed by atoms with Gasteiger partial charge >= 0.3 is 5.69 Å². The lowest BCUT2D eigenvalue weighted by atomic mass is 10.1. The molecular weight excluding hydrogens is 274 g/mol. The molecule has 0 amide bonds. The Morgan fingerprint density at radius 2 is 2.50 bits per heavy atom. The Kier molecular flexibility index (Phi) is 2.75. The summed E-state index contributed by atoms with van der Waals surface area (Å²) in [5, 5.41) is 15.6. The van der Waals surface area contributed by atoms with Gasteiger partial charge < -0.3 is 0 Å². The van der Waals surface area contributed by atoms with Gasteiger partial charge in [-0.25, -0.2) is 19.3 Å². The fraction of sp³-hybridized carbons (Fsp3) is 0.333. The second-order valence-electron chi connectivity index (χ2n) is 3.29. The van der Waals surface area contributed by atoms with Gasteiger partial charge in [-0.2, -0.15) is 10.4 Å². The molecule has 82 valence electrons. The summed E-state index contributed by atoms with van der Waals surface area (Å²) in [6, 6.07) is 3.77. The molecular formula is C9H8BrN5O. The van der Waals surface area contributed by atoms with E-state index in [9.17, 15) is 4.79 Å². The number of rotatable bonds is 2. The highest BCUT2D eigenvalue weighted by atomic mass is 79.9. The minimum atomic E-state index is -0.337. The van der Waals surface area contributed by atoms with Crippen molar-refractivity contribution in [1.82, 2.24) is 19.6 Å². The fourth-order valence-corrected chi connectivity index (χ4v) is 1.95. The molecule has 1 unspecified atom stereocenters. The predicted molar refractivity (Wildman–Crippen MR) is 60.5 cm³/mol. The average Bonchev–Trinajstić information content (AvgIpc) is 2.62. The summed E-state index contributed by atoms with van der Waals surface area (Å²) in [5.74, 6) is 0.183. The quantitative estimate of drug-likeness (QED) is 0.822. The van der Waals surface area contributed by atoms with E-state index in [2.05, 4.69) is 37.2 Å². The molecule has 2 rings (SSSR count). The molecule has 1 N–H and O–H groups in total. The van der Waals surface area contributed by atoms with Crippen LogP contribution in [0.15, 0.2) is 10.9 Å². The highest BCUT2D eigenvalue weighted by Crippen LogP contribution is 2.16. The van der Waals surface area contributed by atoms with Gasteiger partial charge in [0.15, 0.2) is 5.65 Å². The number of hydrogen-bond donors (Lipinski definition) is 1. The van der Waals surface area contributed by atoms with Crippen molar-refractivity contribution in [3.8, 4) is 6.07 Å². The molecule has 0 spiro atoms. The average molecular weight is 282 g/mol. The minimum Gasteiger partial charge on any atom is -0.246 e. The van der Waals surface area contributed by atoms with Crippen LogP contribution in [0.5, 0.6) is 0 Å². The third-order valence-electron chi connectivity index (χ3n) is 2.26. The SMILES string of the molecule is Cc1nc(C(C#N)CBr)cc2n[nH]c(=O)n12. The number of aryl methyl sites for hydroxylation is 1. The molecule has 0 fully saturated rings. The molecule has 2 aromatic heterocycles. The molecule has 0 saturated carbocycles. The lowest BCUT2D eigenvalue weighted by Crippen LogP contribution is -2.14. The second-order valence-corrected chi connectivity index (χ2v) is 3.93. The van der Waals surface area contributed by atoms with Crippen LogP contribution in [0.25, 0.3) is 5.65 Å². The third kappa shape index (κ3) is 1.61. The van der Waals surface area contributed by atoms with Gasteiger partial charge in [-0.15, -0.1) is 0 Å². The van der Waals surface area contributed by atoms with Gasteiger partial charge in [0, 0.05) is 11.4 Å². The lowest BCUT2D eigenvalue weighted by molar-refractivity contribution is 0.862. The number of nitrogens with zero attached hydrogens (tertiary/aromatic N) is 4. The number of aromatic nitrogens is 4. The first-order valence-electron chi connectivity index (χ1n) is 4.57. The third-order valence-corrected chi connectivity index (χ3v) is 2.90. The maximum Gasteiger partial charge on any atom is 0.349 e. The van der Waals surface area contributed by atoms with Gasteiger partial charge in [-0.1, -0.05) is 15.9 Å². The monoisotopic (exact) mass is 281 g/mol. The molecule has 2 aromatic rings. The van der Waals surface area contributed by atoms with Crippen molar-refractivity contribution >= 4 is 21.6 Å². The van der Waals surface area contributed by atoms with Gasteiger partial charge in [0.05, 0.1) is 17.7 Å². The molecule has 0 aliphatic rings. The van der Waals surface area contributed by atoms with Crippen LogP contribution >= 0.6 is 15.9 Å². The van der Waals surface area contributed by atoms with E-state index in [1.807, 2.05) is 0 Å². The number of fused-ring (bicyclic) bond motifs is 1. The summed E-state index contributed by atoms with van der Waals surface area (Å²) < 4.78 is 1.37. The highest BCUT2D eigenvalue weighted by molar-refractivity contribution is 9.09. The molecule has 2 heterocycles. The summed E-state index contributed by atoms with van der Waals surface area (Å²) in [7, 11) is 0. The zero-order valence-corrected chi connectivity index (χ0v) is 10.0. The molecule has 0 aliphatic heterocycles. The van der Waals surface area contributed by atoms with E-state index in [0.29, 0.717) is 22.5 Å². The number of halogens is 1. The van der Waals surface area contributed by atoms with E-state index in [1.54, 1.807) is 13.0 Å². The van der Waals surface area contributed by atoms with Crippen molar-refractivity contribution in [1.29, 1.82) is 5.26 Å². The molecule has 0 aliphatic carbocycles. The van der Waals surface area contributed by atoms with Crippen LogP contribution in [-0.2, 0) is 0 Å². The summed E-state index contributed by atoms with van der Waals surface area (Å²) in [4.78, 5) is 15.6. The van der Waals surface area contributed by atoms with Gasteiger partial charge in [0.2, 0.25) is 0 Å². The van der Waals surface area contributed by atoms with Crippen molar-refractivity contribution in [2.45, 2.75) is 12.8 Å². The first-order valence-corrected chi connectivity index (χ1v) is 5.69. The first kappa shape index (κ1) is 10.8. The van der Waals surface area contributed by atoms with Crippen LogP contribution in [0.1, 0.15) is 17.4 Å². The number of nitrogens with one attached hydrogen (secondary N) is 1. The Morgan fingerprint density at radius 1 is 1.75 bits per heavy atom. The van der Waals surface area contributed by atoms with Crippen molar-refractivity contribution in [2.24, 2.45) is 0 Å². The van der Waals surface area contributed by atoms with E-state index in [0.717, 1.165) is 0 Å². The molecule has 6 nitrogen and oxygen atoms in total. The number of H-pyrrole nitrogens is 1. The van der Waals surface area contributed by atoms with Crippen molar-refractivity contribution in [2.75, 3.05) is 5.33 Å². The van der Waals surface area contributed by atoms with E-state index < -0.39 is 0 Å². The largest absolute Gasteiger partial charge is 0.349 e. The second kappa shape index (κ2) is 4.06. The van der Waals surface area contributed by atoms with Crippen LogP contribution in [0, 0.1) is 18.3 Å². The Morgan fingerprint density at radius 3 is 3.12 bits per heavy atom. The van der Waals surface area contributed by atoms with Crippen LogP contribution in [0.3, 0.4) is 0 Å². The minimum absolute atomic E-state index is 0.320. The highest BCUT2D eigenvalue weighted by Gasteiger charge is 2.14. The van der Waals surface area contributed by atoms with E-state index in [4.69, 9.17) is 5.26 Å². The number of nitriles is 1. The Labute approximate surface area is 99.1 Å². The maximum absolute atomic E-state index is 11.4. The van der Waals surface area contributed by atoms with Crippen LogP contribution in [0.2, 0.25) is 0 Å². The number of aromatic amines is 1. The van der Waals surface area contributed by atoms with Crippen molar-refractivity contribution in [3.05, 3.63) is 28.1 Å². The maximum atomic E-state index is 11.4. The molecule has 16 heavy (non-hydrogen) atoms. The topological polar surface area (TPSA) is 86.8 Å². The Balaban J connectivity index is 2.68. The molecule has 0 radical (unpaired) electrons. The zero-order chi connectivity index (χ0) is 11.7.